The van der Waals surface area contributed by atoms with Gasteiger partial charge in [-0.25, -0.2) is 0 Å². The second kappa shape index (κ2) is 5.34. The van der Waals surface area contributed by atoms with E-state index >= 15 is 0 Å². The van der Waals surface area contributed by atoms with Crippen LogP contribution in [0.5, 0.6) is 5.75 Å². The summed E-state index contributed by atoms with van der Waals surface area (Å²) in [4.78, 5) is 4.13. The Labute approximate surface area is 101 Å². The van der Waals surface area contributed by atoms with Crippen molar-refractivity contribution < 1.29 is 4.74 Å². The third-order valence-corrected chi connectivity index (χ3v) is 2.48. The summed E-state index contributed by atoms with van der Waals surface area (Å²) in [6, 6.07) is 9.97. The van der Waals surface area contributed by atoms with Crippen molar-refractivity contribution in [2.45, 2.75) is 13.5 Å². The van der Waals surface area contributed by atoms with E-state index in [1.165, 1.54) is 0 Å². The molecular weight excluding hydrogens is 212 g/mol. The van der Waals surface area contributed by atoms with Gasteiger partial charge in [-0.15, -0.1) is 0 Å². The van der Waals surface area contributed by atoms with Crippen LogP contribution in [-0.4, -0.2) is 12.0 Å². The number of nitrogens with one attached hydrogen (secondary N) is 1. The predicted octanol–water partition coefficient (Wildman–Crippen LogP) is 3.01. The molecule has 0 radical (unpaired) electrons. The number of benzene rings is 1. The van der Waals surface area contributed by atoms with Crippen molar-refractivity contribution in [3.05, 3.63) is 53.9 Å². The number of ether oxygens (including phenoxy) is 1. The molecule has 3 heteroatoms. The minimum atomic E-state index is 0.549. The summed E-state index contributed by atoms with van der Waals surface area (Å²) in [5.74, 6) is 0.866. The van der Waals surface area contributed by atoms with Gasteiger partial charge in [0.15, 0.2) is 0 Å². The molecule has 0 bridgehead atoms. The van der Waals surface area contributed by atoms with E-state index in [9.17, 15) is 0 Å². The average Bonchev–Trinajstić information content (AvgIpc) is 2.37. The van der Waals surface area contributed by atoms with Gasteiger partial charge in [0.2, 0.25) is 0 Å². The molecule has 0 atom stereocenters. The van der Waals surface area contributed by atoms with Crippen LogP contribution in [0.15, 0.2) is 42.7 Å². The molecule has 1 heterocycles. The minimum Gasteiger partial charge on any atom is -0.489 e. The number of rotatable bonds is 4. The van der Waals surface area contributed by atoms with Crippen LogP contribution in [0.2, 0.25) is 0 Å². The van der Waals surface area contributed by atoms with Crippen molar-refractivity contribution in [3.63, 3.8) is 0 Å². The van der Waals surface area contributed by atoms with Gasteiger partial charge in [-0.3, -0.25) is 4.98 Å². The lowest BCUT2D eigenvalue weighted by Crippen LogP contribution is -1.96. The average molecular weight is 228 g/mol. The number of aryl methyl sites for hydroxylation is 1. The number of hydrogen-bond donors (Lipinski definition) is 1. The standard InChI is InChI=1S/C14H16N2O/c1-11-7-12(9-16-8-11)10-17-14-5-3-13(15-2)4-6-14/h3-9,15H,10H2,1-2H3. The highest BCUT2D eigenvalue weighted by atomic mass is 16.5. The summed E-state index contributed by atoms with van der Waals surface area (Å²) in [7, 11) is 1.90. The van der Waals surface area contributed by atoms with Crippen LogP contribution in [-0.2, 0) is 6.61 Å². The highest BCUT2D eigenvalue weighted by molar-refractivity contribution is 5.45. The minimum absolute atomic E-state index is 0.549. The zero-order valence-electron chi connectivity index (χ0n) is 10.1. The van der Waals surface area contributed by atoms with Gasteiger partial charge in [0, 0.05) is 30.7 Å². The van der Waals surface area contributed by atoms with Crippen molar-refractivity contribution >= 4 is 5.69 Å². The first-order chi connectivity index (χ1) is 8.28. The maximum atomic E-state index is 5.68. The third kappa shape index (κ3) is 3.21. The highest BCUT2D eigenvalue weighted by Crippen LogP contribution is 2.16. The van der Waals surface area contributed by atoms with E-state index < -0.39 is 0 Å². The number of anilines is 1. The Morgan fingerprint density at radius 1 is 1.18 bits per heavy atom. The Hall–Kier alpha value is -2.03. The van der Waals surface area contributed by atoms with Crippen molar-refractivity contribution in [3.8, 4) is 5.75 Å². The van der Waals surface area contributed by atoms with E-state index in [2.05, 4.69) is 16.4 Å². The molecule has 1 N–H and O–H groups in total. The Morgan fingerprint density at radius 2 is 1.94 bits per heavy atom. The van der Waals surface area contributed by atoms with Crippen LogP contribution in [0.4, 0.5) is 5.69 Å². The molecule has 0 aliphatic carbocycles. The van der Waals surface area contributed by atoms with Crippen LogP contribution in [0.3, 0.4) is 0 Å². The van der Waals surface area contributed by atoms with Crippen LogP contribution in [0.25, 0.3) is 0 Å². The first kappa shape index (κ1) is 11.5. The molecule has 1 aromatic heterocycles. The molecule has 2 aromatic rings. The van der Waals surface area contributed by atoms with E-state index in [0.29, 0.717) is 6.61 Å². The number of hydrogen-bond acceptors (Lipinski definition) is 3. The van der Waals surface area contributed by atoms with Gasteiger partial charge in [0.05, 0.1) is 0 Å². The molecule has 0 saturated heterocycles. The molecule has 0 amide bonds. The van der Waals surface area contributed by atoms with E-state index in [4.69, 9.17) is 4.74 Å². The lowest BCUT2D eigenvalue weighted by molar-refractivity contribution is 0.305. The Bertz CT molecular complexity index is 480. The lowest BCUT2D eigenvalue weighted by atomic mass is 10.2. The van der Waals surface area contributed by atoms with E-state index in [0.717, 1.165) is 22.6 Å². The molecule has 0 spiro atoms. The summed E-state index contributed by atoms with van der Waals surface area (Å²) in [6.45, 7) is 2.58. The summed E-state index contributed by atoms with van der Waals surface area (Å²) in [6.07, 6.45) is 3.67. The normalized spacial score (nSPS) is 10.0. The summed E-state index contributed by atoms with van der Waals surface area (Å²) in [5, 5.41) is 3.07. The number of pyridine rings is 1. The Morgan fingerprint density at radius 3 is 2.59 bits per heavy atom. The third-order valence-electron chi connectivity index (χ3n) is 2.48. The molecule has 17 heavy (non-hydrogen) atoms. The number of aromatic nitrogens is 1. The van der Waals surface area contributed by atoms with Gasteiger partial charge in [-0.2, -0.15) is 0 Å². The van der Waals surface area contributed by atoms with Crippen LogP contribution >= 0.6 is 0 Å². The lowest BCUT2D eigenvalue weighted by Gasteiger charge is -2.07. The predicted molar refractivity (Wildman–Crippen MR) is 69.3 cm³/mol. The monoisotopic (exact) mass is 228 g/mol. The largest absolute Gasteiger partial charge is 0.489 e. The van der Waals surface area contributed by atoms with Crippen LogP contribution < -0.4 is 10.1 Å². The van der Waals surface area contributed by atoms with Gasteiger partial charge in [-0.05, 0) is 42.8 Å². The second-order valence-corrected chi connectivity index (χ2v) is 3.93. The second-order valence-electron chi connectivity index (χ2n) is 3.93. The first-order valence-corrected chi connectivity index (χ1v) is 5.59. The fraction of sp³-hybridized carbons (Fsp3) is 0.214. The molecule has 0 aliphatic heterocycles. The number of nitrogens with zero attached hydrogens (tertiary/aromatic N) is 1. The van der Waals surface area contributed by atoms with Gasteiger partial charge in [0.1, 0.15) is 12.4 Å². The smallest absolute Gasteiger partial charge is 0.119 e. The fourth-order valence-electron chi connectivity index (χ4n) is 1.58. The molecule has 0 fully saturated rings. The molecule has 0 unspecified atom stereocenters. The van der Waals surface area contributed by atoms with Crippen LogP contribution in [0, 0.1) is 6.92 Å². The fourth-order valence-corrected chi connectivity index (χ4v) is 1.58. The summed E-state index contributed by atoms with van der Waals surface area (Å²) in [5.41, 5.74) is 3.31. The first-order valence-electron chi connectivity index (χ1n) is 5.59. The zero-order valence-corrected chi connectivity index (χ0v) is 10.1. The molecule has 1 aromatic carbocycles. The van der Waals surface area contributed by atoms with Crippen molar-refractivity contribution in [1.82, 2.24) is 4.98 Å². The van der Waals surface area contributed by atoms with Crippen molar-refractivity contribution in [2.24, 2.45) is 0 Å². The van der Waals surface area contributed by atoms with E-state index in [1.807, 2.05) is 50.6 Å². The molecular formula is C14H16N2O. The van der Waals surface area contributed by atoms with E-state index in [-0.39, 0.29) is 0 Å². The molecule has 88 valence electrons. The molecule has 3 nitrogen and oxygen atoms in total. The van der Waals surface area contributed by atoms with E-state index in [1.54, 1.807) is 0 Å². The van der Waals surface area contributed by atoms with Crippen LogP contribution in [0.1, 0.15) is 11.1 Å². The maximum absolute atomic E-state index is 5.68. The zero-order chi connectivity index (χ0) is 12.1. The van der Waals surface area contributed by atoms with Gasteiger partial charge in [-0.1, -0.05) is 0 Å². The molecule has 0 aliphatic rings. The Kier molecular flexibility index (Phi) is 3.60. The topological polar surface area (TPSA) is 34.1 Å². The SMILES string of the molecule is CNc1ccc(OCc2cncc(C)c2)cc1. The summed E-state index contributed by atoms with van der Waals surface area (Å²) < 4.78 is 5.68. The van der Waals surface area contributed by atoms with Gasteiger partial charge >= 0.3 is 0 Å². The van der Waals surface area contributed by atoms with Gasteiger partial charge in [0.25, 0.3) is 0 Å². The summed E-state index contributed by atoms with van der Waals surface area (Å²) >= 11 is 0. The van der Waals surface area contributed by atoms with Crippen molar-refractivity contribution in [1.29, 1.82) is 0 Å². The molecule has 2 rings (SSSR count). The molecule has 0 saturated carbocycles. The maximum Gasteiger partial charge on any atom is 0.119 e. The van der Waals surface area contributed by atoms with Gasteiger partial charge < -0.3 is 10.1 Å². The Balaban J connectivity index is 1.97. The van der Waals surface area contributed by atoms with Crippen molar-refractivity contribution in [2.75, 3.05) is 12.4 Å². The highest BCUT2D eigenvalue weighted by Gasteiger charge is 1.97. The quantitative estimate of drug-likeness (QED) is 0.873.